The molecule has 0 saturated carbocycles. The van der Waals surface area contributed by atoms with Gasteiger partial charge in [0.15, 0.2) is 0 Å². The van der Waals surface area contributed by atoms with Crippen LogP contribution in [0.2, 0.25) is 5.02 Å². The van der Waals surface area contributed by atoms with E-state index in [1.807, 2.05) is 17.0 Å². The van der Waals surface area contributed by atoms with Crippen molar-refractivity contribution < 1.29 is 14.3 Å². The molecule has 3 rings (SSSR count). The highest BCUT2D eigenvalue weighted by Gasteiger charge is 2.30. The minimum Gasteiger partial charge on any atom is -0.488 e. The molecule has 2 amide bonds. The van der Waals surface area contributed by atoms with Crippen LogP contribution in [-0.2, 0) is 9.59 Å². The van der Waals surface area contributed by atoms with Gasteiger partial charge in [0.2, 0.25) is 5.91 Å². The maximum absolute atomic E-state index is 12.7. The number of rotatable bonds is 2. The van der Waals surface area contributed by atoms with Crippen LogP contribution in [0.15, 0.2) is 23.8 Å². The van der Waals surface area contributed by atoms with Gasteiger partial charge in [-0.2, -0.15) is 0 Å². The number of hydrogen-bond donors (Lipinski definition) is 0. The summed E-state index contributed by atoms with van der Waals surface area (Å²) >= 11 is 6.01. The van der Waals surface area contributed by atoms with Gasteiger partial charge in [-0.25, -0.2) is 0 Å². The van der Waals surface area contributed by atoms with Crippen molar-refractivity contribution in [2.24, 2.45) is 5.92 Å². The van der Waals surface area contributed by atoms with E-state index in [4.69, 9.17) is 16.3 Å². The fourth-order valence-corrected chi connectivity index (χ4v) is 3.35. The van der Waals surface area contributed by atoms with Crippen molar-refractivity contribution in [3.63, 3.8) is 0 Å². The van der Waals surface area contributed by atoms with E-state index < -0.39 is 0 Å². The second-order valence-electron chi connectivity index (χ2n) is 6.44. The predicted molar refractivity (Wildman–Crippen MR) is 92.9 cm³/mol. The molecule has 0 atom stereocenters. The Hall–Kier alpha value is -2.01. The molecule has 0 unspecified atom stereocenters. The number of benzene rings is 1. The monoisotopic (exact) mass is 348 g/mol. The lowest BCUT2D eigenvalue weighted by Gasteiger charge is -2.33. The summed E-state index contributed by atoms with van der Waals surface area (Å²) in [6.07, 6.45) is 3.27. The largest absolute Gasteiger partial charge is 0.488 e. The minimum atomic E-state index is -0.0172. The van der Waals surface area contributed by atoms with Crippen molar-refractivity contribution in [2.75, 3.05) is 33.8 Å². The number of carbonyl (C=O) groups is 2. The van der Waals surface area contributed by atoms with Crippen molar-refractivity contribution in [3.05, 3.63) is 34.4 Å². The summed E-state index contributed by atoms with van der Waals surface area (Å²) in [4.78, 5) is 28.2. The fourth-order valence-electron chi connectivity index (χ4n) is 3.17. The topological polar surface area (TPSA) is 49.9 Å². The molecule has 1 aromatic carbocycles. The third kappa shape index (κ3) is 3.41. The van der Waals surface area contributed by atoms with Crippen molar-refractivity contribution in [1.29, 1.82) is 0 Å². The van der Waals surface area contributed by atoms with E-state index in [-0.39, 0.29) is 24.3 Å². The molecule has 2 aliphatic heterocycles. The third-order valence-electron chi connectivity index (χ3n) is 4.53. The number of halogens is 1. The van der Waals surface area contributed by atoms with Gasteiger partial charge in [0.25, 0.3) is 5.91 Å². The van der Waals surface area contributed by atoms with Gasteiger partial charge >= 0.3 is 0 Å². The van der Waals surface area contributed by atoms with Crippen LogP contribution in [0.5, 0.6) is 5.75 Å². The lowest BCUT2D eigenvalue weighted by Crippen LogP contribution is -2.43. The van der Waals surface area contributed by atoms with Gasteiger partial charge in [0, 0.05) is 43.7 Å². The number of fused-ring (bicyclic) bond motifs is 1. The van der Waals surface area contributed by atoms with Crippen LogP contribution in [0, 0.1) is 5.92 Å². The van der Waals surface area contributed by atoms with E-state index >= 15 is 0 Å². The quantitative estimate of drug-likeness (QED) is 0.824. The van der Waals surface area contributed by atoms with Gasteiger partial charge in [-0.3, -0.25) is 9.59 Å². The Morgan fingerprint density at radius 1 is 1.25 bits per heavy atom. The van der Waals surface area contributed by atoms with Crippen LogP contribution < -0.4 is 4.74 Å². The number of likely N-dealkylation sites (tertiary alicyclic amines) is 1. The summed E-state index contributed by atoms with van der Waals surface area (Å²) in [5.74, 6) is 0.883. The molecule has 128 valence electrons. The van der Waals surface area contributed by atoms with E-state index in [1.54, 1.807) is 31.1 Å². The lowest BCUT2D eigenvalue weighted by molar-refractivity contribution is -0.137. The first-order valence-electron chi connectivity index (χ1n) is 8.09. The smallest absolute Gasteiger partial charge is 0.253 e. The summed E-state index contributed by atoms with van der Waals surface area (Å²) in [7, 11) is 3.54. The molecule has 24 heavy (non-hydrogen) atoms. The first kappa shape index (κ1) is 16.8. The second-order valence-corrected chi connectivity index (χ2v) is 6.88. The Balaban J connectivity index is 1.67. The molecule has 0 aliphatic carbocycles. The van der Waals surface area contributed by atoms with Crippen LogP contribution in [0.25, 0.3) is 6.08 Å². The molecule has 5 nitrogen and oxygen atoms in total. The molecule has 1 fully saturated rings. The Labute approximate surface area is 146 Å². The van der Waals surface area contributed by atoms with Crippen molar-refractivity contribution in [2.45, 2.75) is 12.8 Å². The maximum Gasteiger partial charge on any atom is 0.253 e. The van der Waals surface area contributed by atoms with Crippen LogP contribution in [0.4, 0.5) is 0 Å². The first-order chi connectivity index (χ1) is 11.5. The number of piperidine rings is 1. The summed E-state index contributed by atoms with van der Waals surface area (Å²) in [6.45, 7) is 1.47. The van der Waals surface area contributed by atoms with Crippen molar-refractivity contribution >= 4 is 29.5 Å². The zero-order valence-electron chi connectivity index (χ0n) is 13.9. The summed E-state index contributed by atoms with van der Waals surface area (Å²) in [5.41, 5.74) is 1.46. The number of hydrogen-bond acceptors (Lipinski definition) is 3. The molecule has 0 aromatic heterocycles. The highest BCUT2D eigenvalue weighted by Crippen LogP contribution is 2.30. The predicted octanol–water partition coefficient (Wildman–Crippen LogP) is 2.44. The molecule has 0 radical (unpaired) electrons. The van der Waals surface area contributed by atoms with Gasteiger partial charge < -0.3 is 14.5 Å². The lowest BCUT2D eigenvalue weighted by atomic mass is 9.95. The Bertz CT molecular complexity index is 692. The third-order valence-corrected chi connectivity index (χ3v) is 4.77. The van der Waals surface area contributed by atoms with E-state index in [9.17, 15) is 9.59 Å². The zero-order valence-corrected chi connectivity index (χ0v) is 14.7. The average molecular weight is 349 g/mol. The van der Waals surface area contributed by atoms with Crippen LogP contribution in [0.3, 0.4) is 0 Å². The molecule has 1 saturated heterocycles. The highest BCUT2D eigenvalue weighted by atomic mass is 35.5. The zero-order chi connectivity index (χ0) is 17.3. The van der Waals surface area contributed by atoms with E-state index in [0.29, 0.717) is 36.5 Å². The molecule has 0 N–H and O–H groups in total. The van der Waals surface area contributed by atoms with Crippen LogP contribution in [-0.4, -0.2) is 55.4 Å². The Morgan fingerprint density at radius 3 is 2.62 bits per heavy atom. The van der Waals surface area contributed by atoms with Crippen LogP contribution >= 0.6 is 11.6 Å². The number of amides is 2. The molecular weight excluding hydrogens is 328 g/mol. The van der Waals surface area contributed by atoms with Crippen molar-refractivity contribution in [1.82, 2.24) is 9.80 Å². The van der Waals surface area contributed by atoms with Gasteiger partial charge in [-0.05, 0) is 37.1 Å². The van der Waals surface area contributed by atoms with Crippen molar-refractivity contribution in [3.8, 4) is 5.75 Å². The van der Waals surface area contributed by atoms with Gasteiger partial charge in [-0.15, -0.1) is 0 Å². The van der Waals surface area contributed by atoms with Gasteiger partial charge in [0.05, 0.1) is 5.57 Å². The average Bonchev–Trinajstić information content (AvgIpc) is 2.59. The Kier molecular flexibility index (Phi) is 4.81. The summed E-state index contributed by atoms with van der Waals surface area (Å²) < 4.78 is 5.66. The number of carbonyl (C=O) groups excluding carboxylic acids is 2. The molecular formula is C18H21ClN2O3. The van der Waals surface area contributed by atoms with E-state index in [1.165, 1.54) is 0 Å². The van der Waals surface area contributed by atoms with E-state index in [0.717, 1.165) is 11.3 Å². The second kappa shape index (κ2) is 6.85. The number of nitrogens with zero attached hydrogens (tertiary/aromatic N) is 2. The van der Waals surface area contributed by atoms with Gasteiger partial charge in [-0.1, -0.05) is 11.6 Å². The normalized spacial score (nSPS) is 17.6. The molecule has 1 aromatic rings. The fraction of sp³-hybridized carbons (Fsp3) is 0.444. The van der Waals surface area contributed by atoms with Gasteiger partial charge in [0.1, 0.15) is 12.4 Å². The standard InChI is InChI=1S/C18H21ClN2O3/c1-20(2)17(22)12-5-7-21(8-6-12)18(23)14-9-13-10-15(19)3-4-16(13)24-11-14/h3-4,9-10,12H,5-8,11H2,1-2H3. The molecule has 6 heteroatoms. The molecule has 2 aliphatic rings. The highest BCUT2D eigenvalue weighted by molar-refractivity contribution is 6.30. The maximum atomic E-state index is 12.7. The van der Waals surface area contributed by atoms with Crippen LogP contribution in [0.1, 0.15) is 18.4 Å². The molecule has 0 bridgehead atoms. The summed E-state index contributed by atoms with van der Waals surface area (Å²) in [6, 6.07) is 5.38. The summed E-state index contributed by atoms with van der Waals surface area (Å²) in [5, 5.41) is 0.616. The Morgan fingerprint density at radius 2 is 1.96 bits per heavy atom. The molecule has 2 heterocycles. The first-order valence-corrected chi connectivity index (χ1v) is 8.47. The SMILES string of the molecule is CN(C)C(=O)C1CCN(C(=O)C2=Cc3cc(Cl)ccc3OC2)CC1. The minimum absolute atomic E-state index is 0.0140. The molecule has 0 spiro atoms. The number of ether oxygens (including phenoxy) is 1. The van der Waals surface area contributed by atoms with E-state index in [2.05, 4.69) is 0 Å².